The fourth-order valence-corrected chi connectivity index (χ4v) is 4.63. The number of aromatic nitrogens is 5. The number of halogens is 1. The number of H-pyrrole nitrogens is 2. The van der Waals surface area contributed by atoms with Gasteiger partial charge < -0.3 is 15.6 Å². The zero-order chi connectivity index (χ0) is 21.5. The summed E-state index contributed by atoms with van der Waals surface area (Å²) < 4.78 is 14.6. The van der Waals surface area contributed by atoms with Gasteiger partial charge in [0.15, 0.2) is 5.82 Å². The van der Waals surface area contributed by atoms with Gasteiger partial charge in [-0.2, -0.15) is 10.1 Å². The van der Waals surface area contributed by atoms with E-state index in [1.807, 2.05) is 35.8 Å². The van der Waals surface area contributed by atoms with Gasteiger partial charge in [-0.25, -0.2) is 9.37 Å². The van der Waals surface area contributed by atoms with E-state index in [1.54, 1.807) is 29.7 Å². The van der Waals surface area contributed by atoms with Crippen LogP contribution < -0.4 is 10.6 Å². The highest BCUT2D eigenvalue weighted by atomic mass is 32.1. The Balaban J connectivity index is 1.24. The van der Waals surface area contributed by atoms with E-state index in [-0.39, 0.29) is 5.82 Å². The Morgan fingerprint density at radius 3 is 2.94 bits per heavy atom. The maximum atomic E-state index is 13.6. The van der Waals surface area contributed by atoms with E-state index in [4.69, 9.17) is 4.98 Å². The summed E-state index contributed by atoms with van der Waals surface area (Å²) in [5, 5.41) is 17.7. The molecule has 158 valence electrons. The largest absolute Gasteiger partial charge is 0.361 e. The monoisotopic (exact) mass is 443 g/mol. The molecule has 4 aromatic heterocycles. The molecule has 2 aromatic carbocycles. The van der Waals surface area contributed by atoms with Crippen LogP contribution in [0.5, 0.6) is 0 Å². The highest BCUT2D eigenvalue weighted by Crippen LogP contribution is 2.30. The zero-order valence-electron chi connectivity index (χ0n) is 16.8. The van der Waals surface area contributed by atoms with Crippen LogP contribution in [0, 0.1) is 5.82 Å². The fourth-order valence-electron chi connectivity index (χ4n) is 3.85. The van der Waals surface area contributed by atoms with Gasteiger partial charge in [-0.1, -0.05) is 0 Å². The lowest BCUT2D eigenvalue weighted by Crippen LogP contribution is -2.09. The first-order chi connectivity index (χ1) is 15.7. The molecule has 6 aromatic rings. The van der Waals surface area contributed by atoms with Crippen LogP contribution in [0.1, 0.15) is 5.56 Å². The predicted molar refractivity (Wildman–Crippen MR) is 127 cm³/mol. The Labute approximate surface area is 185 Å². The van der Waals surface area contributed by atoms with Gasteiger partial charge in [-0.15, -0.1) is 11.3 Å². The van der Waals surface area contributed by atoms with Gasteiger partial charge in [0.05, 0.1) is 21.9 Å². The Morgan fingerprint density at radius 2 is 1.97 bits per heavy atom. The van der Waals surface area contributed by atoms with Crippen LogP contribution >= 0.6 is 11.3 Å². The van der Waals surface area contributed by atoms with Gasteiger partial charge in [-0.05, 0) is 59.8 Å². The second-order valence-corrected chi connectivity index (χ2v) is 8.42. The number of fused-ring (bicyclic) bond motifs is 3. The molecule has 7 nitrogen and oxygen atoms in total. The molecule has 0 saturated heterocycles. The van der Waals surface area contributed by atoms with E-state index in [2.05, 4.69) is 30.8 Å². The molecular weight excluding hydrogens is 425 g/mol. The number of benzene rings is 2. The molecule has 32 heavy (non-hydrogen) atoms. The van der Waals surface area contributed by atoms with Crippen molar-refractivity contribution in [3.63, 3.8) is 0 Å². The van der Waals surface area contributed by atoms with Crippen LogP contribution in [-0.2, 0) is 6.42 Å². The molecule has 0 aliphatic heterocycles. The van der Waals surface area contributed by atoms with E-state index in [9.17, 15) is 4.39 Å². The zero-order valence-corrected chi connectivity index (χ0v) is 17.6. The topological polar surface area (TPSA) is 94.3 Å². The molecule has 4 heterocycles. The SMILES string of the molecule is Fc1ccc2[nH]cc(CCNc3nc(Nc4ccc5[nH]ncc5c4)c4sccc4n3)c2c1. The number of nitrogens with one attached hydrogen (secondary N) is 4. The minimum Gasteiger partial charge on any atom is -0.361 e. The van der Waals surface area contributed by atoms with Crippen LogP contribution in [-0.4, -0.2) is 31.7 Å². The van der Waals surface area contributed by atoms with Crippen molar-refractivity contribution >= 4 is 60.8 Å². The summed E-state index contributed by atoms with van der Waals surface area (Å²) in [6.45, 7) is 0.625. The number of thiophene rings is 1. The van der Waals surface area contributed by atoms with Gasteiger partial charge in [0.1, 0.15) is 5.82 Å². The molecule has 0 unspecified atom stereocenters. The molecule has 0 saturated carbocycles. The highest BCUT2D eigenvalue weighted by Gasteiger charge is 2.11. The Morgan fingerprint density at radius 1 is 1.03 bits per heavy atom. The smallest absolute Gasteiger partial charge is 0.225 e. The average molecular weight is 444 g/mol. The first-order valence-corrected chi connectivity index (χ1v) is 11.1. The maximum absolute atomic E-state index is 13.6. The summed E-state index contributed by atoms with van der Waals surface area (Å²) in [5.41, 5.74) is 4.78. The van der Waals surface area contributed by atoms with E-state index >= 15 is 0 Å². The quantitative estimate of drug-likeness (QED) is 0.269. The summed E-state index contributed by atoms with van der Waals surface area (Å²) in [6, 6.07) is 12.8. The third-order valence-corrected chi connectivity index (χ3v) is 6.32. The molecule has 0 aliphatic carbocycles. The molecule has 0 bridgehead atoms. The molecule has 0 radical (unpaired) electrons. The normalized spacial score (nSPS) is 11.5. The molecule has 0 spiro atoms. The van der Waals surface area contributed by atoms with E-state index in [0.29, 0.717) is 18.9 Å². The number of hydrogen-bond acceptors (Lipinski definition) is 6. The van der Waals surface area contributed by atoms with Crippen LogP contribution in [0.4, 0.5) is 21.8 Å². The van der Waals surface area contributed by atoms with Crippen LogP contribution in [0.2, 0.25) is 0 Å². The first kappa shape index (κ1) is 18.8. The molecule has 0 amide bonds. The van der Waals surface area contributed by atoms with Crippen molar-refractivity contribution in [3.05, 3.63) is 71.6 Å². The van der Waals surface area contributed by atoms with E-state index < -0.39 is 0 Å². The Kier molecular flexibility index (Phi) is 4.46. The third-order valence-electron chi connectivity index (χ3n) is 5.41. The number of hydrogen-bond donors (Lipinski definition) is 4. The van der Waals surface area contributed by atoms with Gasteiger partial charge >= 0.3 is 0 Å². The molecule has 4 N–H and O–H groups in total. The van der Waals surface area contributed by atoms with Crippen molar-refractivity contribution in [2.75, 3.05) is 17.2 Å². The lowest BCUT2D eigenvalue weighted by atomic mass is 10.1. The molecule has 0 fully saturated rings. The van der Waals surface area contributed by atoms with E-state index in [0.717, 1.165) is 49.1 Å². The average Bonchev–Trinajstić information content (AvgIpc) is 3.53. The van der Waals surface area contributed by atoms with E-state index in [1.165, 1.54) is 6.07 Å². The van der Waals surface area contributed by atoms with Crippen LogP contribution in [0.3, 0.4) is 0 Å². The summed E-state index contributed by atoms with van der Waals surface area (Å²) in [6.07, 6.45) is 4.44. The summed E-state index contributed by atoms with van der Waals surface area (Å²) in [7, 11) is 0. The molecular formula is C23H18FN7S. The summed E-state index contributed by atoms with van der Waals surface area (Å²) >= 11 is 1.60. The van der Waals surface area contributed by atoms with Crippen molar-refractivity contribution < 1.29 is 4.39 Å². The summed E-state index contributed by atoms with van der Waals surface area (Å²) in [5.74, 6) is 1.07. The van der Waals surface area contributed by atoms with Crippen LogP contribution in [0.15, 0.2) is 60.2 Å². The Bertz CT molecular complexity index is 1570. The standard InChI is InChI=1S/C23H18FN7S/c24-15-1-3-19-17(10-15)13(11-26-19)5-7-25-23-29-20-6-8-32-21(20)22(30-23)28-16-2-4-18-14(9-16)12-27-31-18/h1-4,6,8-12,26H,5,7H2,(H,27,31)(H2,25,28,29,30). The molecule has 0 atom stereocenters. The van der Waals surface area contributed by atoms with Crippen molar-refractivity contribution in [1.29, 1.82) is 0 Å². The number of anilines is 3. The lowest BCUT2D eigenvalue weighted by molar-refractivity contribution is 0.629. The summed E-state index contributed by atoms with van der Waals surface area (Å²) in [4.78, 5) is 12.5. The van der Waals surface area contributed by atoms with Crippen LogP contribution in [0.25, 0.3) is 32.0 Å². The number of rotatable bonds is 6. The predicted octanol–water partition coefficient (Wildman–Crippen LogP) is 5.59. The lowest BCUT2D eigenvalue weighted by Gasteiger charge is -2.10. The maximum Gasteiger partial charge on any atom is 0.225 e. The number of nitrogens with zero attached hydrogens (tertiary/aromatic N) is 3. The molecule has 6 rings (SSSR count). The third kappa shape index (κ3) is 3.42. The second kappa shape index (κ2) is 7.61. The number of aromatic amines is 2. The second-order valence-electron chi connectivity index (χ2n) is 7.51. The van der Waals surface area contributed by atoms with Crippen molar-refractivity contribution in [2.24, 2.45) is 0 Å². The minimum atomic E-state index is -0.234. The van der Waals surface area contributed by atoms with Crippen molar-refractivity contribution in [1.82, 2.24) is 25.1 Å². The fraction of sp³-hybridized carbons (Fsp3) is 0.0870. The molecule has 0 aliphatic rings. The molecule has 9 heteroatoms. The minimum absolute atomic E-state index is 0.234. The van der Waals surface area contributed by atoms with Crippen molar-refractivity contribution in [2.45, 2.75) is 6.42 Å². The first-order valence-electron chi connectivity index (χ1n) is 10.2. The van der Waals surface area contributed by atoms with Gasteiger partial charge in [-0.3, -0.25) is 5.10 Å². The van der Waals surface area contributed by atoms with Gasteiger partial charge in [0, 0.05) is 34.7 Å². The van der Waals surface area contributed by atoms with Gasteiger partial charge in [0.2, 0.25) is 5.95 Å². The Hall–Kier alpha value is -3.98. The van der Waals surface area contributed by atoms with Crippen molar-refractivity contribution in [3.8, 4) is 0 Å². The van der Waals surface area contributed by atoms with Gasteiger partial charge in [0.25, 0.3) is 0 Å². The highest BCUT2D eigenvalue weighted by molar-refractivity contribution is 7.17.